The first-order chi connectivity index (χ1) is 15.7. The molecule has 2 heterocycles. The number of carbonyl (C=O) groups excluding carboxylic acids is 1. The first kappa shape index (κ1) is 21.7. The van der Waals surface area contributed by atoms with Gasteiger partial charge in [-0.05, 0) is 54.6 Å². The second-order valence-electron chi connectivity index (χ2n) is 7.47. The molecule has 0 unspecified atom stereocenters. The van der Waals surface area contributed by atoms with Crippen LogP contribution >= 0.6 is 11.3 Å². The SMILES string of the molecule is CCCCOc1cccc(-c2cc(C(=O)N/N=C\c3sccc3C)c3ccccc3n2)c1. The molecule has 4 rings (SSSR count). The van der Waals surface area contributed by atoms with Gasteiger partial charge in [0.05, 0.1) is 29.6 Å². The lowest BCUT2D eigenvalue weighted by Crippen LogP contribution is -2.18. The number of para-hydroxylation sites is 1. The Labute approximate surface area is 191 Å². The van der Waals surface area contributed by atoms with Crippen molar-refractivity contribution in [2.24, 2.45) is 5.10 Å². The van der Waals surface area contributed by atoms with Crippen molar-refractivity contribution in [1.82, 2.24) is 10.4 Å². The first-order valence-corrected chi connectivity index (χ1v) is 11.5. The van der Waals surface area contributed by atoms with Gasteiger partial charge in [0.1, 0.15) is 5.75 Å². The summed E-state index contributed by atoms with van der Waals surface area (Å²) in [6, 6.07) is 19.3. The van der Waals surface area contributed by atoms with Crippen molar-refractivity contribution >= 4 is 34.4 Å². The standard InChI is InChI=1S/C26H25N3O2S/c1-3-4-13-31-20-9-7-8-19(15-20)24-16-22(21-10-5-6-11-23(21)28-24)26(30)29-27-17-25-18(2)12-14-32-25/h5-12,14-17H,3-4,13H2,1-2H3,(H,29,30)/b27-17-. The molecule has 1 N–H and O–H groups in total. The van der Waals surface area contributed by atoms with E-state index < -0.39 is 0 Å². The number of aromatic nitrogens is 1. The van der Waals surface area contributed by atoms with Crippen LogP contribution in [0.1, 0.15) is 40.6 Å². The highest BCUT2D eigenvalue weighted by Crippen LogP contribution is 2.27. The Hall–Kier alpha value is -3.51. The number of amides is 1. The van der Waals surface area contributed by atoms with E-state index in [2.05, 4.69) is 17.5 Å². The molecule has 0 fully saturated rings. The Bertz CT molecular complexity index is 1260. The van der Waals surface area contributed by atoms with Gasteiger partial charge in [-0.1, -0.05) is 43.7 Å². The number of hydrogen-bond donors (Lipinski definition) is 1. The molecule has 0 atom stereocenters. The third-order valence-corrected chi connectivity index (χ3v) is 6.06. The highest BCUT2D eigenvalue weighted by Gasteiger charge is 2.14. The zero-order chi connectivity index (χ0) is 22.3. The largest absolute Gasteiger partial charge is 0.494 e. The molecule has 5 nitrogen and oxygen atoms in total. The number of fused-ring (bicyclic) bond motifs is 1. The predicted molar refractivity (Wildman–Crippen MR) is 132 cm³/mol. The van der Waals surface area contributed by atoms with E-state index in [1.54, 1.807) is 17.6 Å². The molecular formula is C26H25N3O2S. The number of rotatable bonds is 8. The fourth-order valence-corrected chi connectivity index (χ4v) is 4.10. The van der Waals surface area contributed by atoms with E-state index in [9.17, 15) is 4.79 Å². The third kappa shape index (κ3) is 5.03. The number of hydrogen-bond acceptors (Lipinski definition) is 5. The summed E-state index contributed by atoms with van der Waals surface area (Å²) in [5.74, 6) is 0.526. The number of aryl methyl sites for hydroxylation is 1. The Morgan fingerprint density at radius 2 is 2.03 bits per heavy atom. The molecule has 6 heteroatoms. The van der Waals surface area contributed by atoms with Gasteiger partial charge in [0.2, 0.25) is 0 Å². The van der Waals surface area contributed by atoms with Crippen LogP contribution < -0.4 is 10.2 Å². The number of nitrogens with one attached hydrogen (secondary N) is 1. The van der Waals surface area contributed by atoms with Crippen molar-refractivity contribution in [3.8, 4) is 17.0 Å². The lowest BCUT2D eigenvalue weighted by atomic mass is 10.0. The van der Waals surface area contributed by atoms with Crippen LogP contribution in [0.2, 0.25) is 0 Å². The van der Waals surface area contributed by atoms with E-state index in [1.807, 2.05) is 73.0 Å². The molecule has 0 saturated heterocycles. The molecule has 0 bridgehead atoms. The minimum Gasteiger partial charge on any atom is -0.494 e. The topological polar surface area (TPSA) is 63.6 Å². The van der Waals surface area contributed by atoms with Crippen molar-refractivity contribution in [3.05, 3.63) is 82.0 Å². The summed E-state index contributed by atoms with van der Waals surface area (Å²) in [7, 11) is 0. The molecule has 0 aliphatic heterocycles. The molecule has 0 spiro atoms. The first-order valence-electron chi connectivity index (χ1n) is 10.7. The summed E-state index contributed by atoms with van der Waals surface area (Å²) in [6.45, 7) is 4.83. The van der Waals surface area contributed by atoms with Gasteiger partial charge < -0.3 is 4.74 Å². The monoisotopic (exact) mass is 443 g/mol. The van der Waals surface area contributed by atoms with Crippen LogP contribution in [-0.4, -0.2) is 23.7 Å². The molecule has 4 aromatic rings. The Morgan fingerprint density at radius 3 is 2.84 bits per heavy atom. The Balaban J connectivity index is 1.64. The number of pyridine rings is 1. The lowest BCUT2D eigenvalue weighted by molar-refractivity contribution is 0.0956. The number of benzene rings is 2. The smallest absolute Gasteiger partial charge is 0.272 e. The van der Waals surface area contributed by atoms with Crippen LogP contribution in [-0.2, 0) is 0 Å². The molecule has 32 heavy (non-hydrogen) atoms. The molecule has 0 aliphatic rings. The van der Waals surface area contributed by atoms with Gasteiger partial charge in [-0.15, -0.1) is 11.3 Å². The highest BCUT2D eigenvalue weighted by molar-refractivity contribution is 7.11. The number of ether oxygens (including phenoxy) is 1. The molecular weight excluding hydrogens is 418 g/mol. The normalized spacial score (nSPS) is 11.2. The number of carbonyl (C=O) groups is 1. The van der Waals surface area contributed by atoms with Crippen molar-refractivity contribution in [3.63, 3.8) is 0 Å². The number of hydrazone groups is 1. The molecule has 0 aliphatic carbocycles. The molecule has 162 valence electrons. The number of thiophene rings is 1. The van der Waals surface area contributed by atoms with Crippen LogP contribution in [0.4, 0.5) is 0 Å². The quantitative estimate of drug-likeness (QED) is 0.200. The van der Waals surface area contributed by atoms with E-state index in [-0.39, 0.29) is 5.91 Å². The van der Waals surface area contributed by atoms with Gasteiger partial charge in [-0.2, -0.15) is 5.10 Å². The average molecular weight is 444 g/mol. The van der Waals surface area contributed by atoms with Crippen LogP contribution in [0.15, 0.2) is 71.1 Å². The predicted octanol–water partition coefficient (Wildman–Crippen LogP) is 6.21. The maximum atomic E-state index is 13.0. The minimum absolute atomic E-state index is 0.273. The van der Waals surface area contributed by atoms with Gasteiger partial charge in [0.25, 0.3) is 5.91 Å². The van der Waals surface area contributed by atoms with Gasteiger partial charge in [0.15, 0.2) is 0 Å². The average Bonchev–Trinajstić information content (AvgIpc) is 3.23. The Morgan fingerprint density at radius 1 is 1.16 bits per heavy atom. The van der Waals surface area contributed by atoms with Gasteiger partial charge in [-0.25, -0.2) is 10.4 Å². The maximum absolute atomic E-state index is 13.0. The van der Waals surface area contributed by atoms with Crippen LogP contribution in [0.5, 0.6) is 5.75 Å². The Kier molecular flexibility index (Phi) is 6.92. The zero-order valence-corrected chi connectivity index (χ0v) is 19.0. The fourth-order valence-electron chi connectivity index (χ4n) is 3.32. The summed E-state index contributed by atoms with van der Waals surface area (Å²) < 4.78 is 5.85. The molecule has 1 amide bonds. The van der Waals surface area contributed by atoms with Crippen LogP contribution in [0, 0.1) is 6.92 Å². The molecule has 2 aromatic carbocycles. The summed E-state index contributed by atoms with van der Waals surface area (Å²) in [5.41, 5.74) is 6.70. The van der Waals surface area contributed by atoms with Gasteiger partial charge >= 0.3 is 0 Å². The van der Waals surface area contributed by atoms with Crippen LogP contribution in [0.3, 0.4) is 0 Å². The number of nitrogens with zero attached hydrogens (tertiary/aromatic N) is 2. The van der Waals surface area contributed by atoms with E-state index in [1.165, 1.54) is 0 Å². The van der Waals surface area contributed by atoms with Crippen LogP contribution in [0.25, 0.3) is 22.2 Å². The van der Waals surface area contributed by atoms with E-state index >= 15 is 0 Å². The van der Waals surface area contributed by atoms with Gasteiger partial charge in [0, 0.05) is 15.8 Å². The van der Waals surface area contributed by atoms with Gasteiger partial charge in [-0.3, -0.25) is 4.79 Å². The number of unbranched alkanes of at least 4 members (excludes halogenated alkanes) is 1. The molecule has 2 aromatic heterocycles. The van der Waals surface area contributed by atoms with E-state index in [0.717, 1.165) is 45.5 Å². The summed E-state index contributed by atoms with van der Waals surface area (Å²) in [5, 5.41) is 6.95. The summed E-state index contributed by atoms with van der Waals surface area (Å²) >= 11 is 1.59. The van der Waals surface area contributed by atoms with Crippen molar-refractivity contribution in [1.29, 1.82) is 0 Å². The molecule has 0 radical (unpaired) electrons. The maximum Gasteiger partial charge on any atom is 0.272 e. The van der Waals surface area contributed by atoms with E-state index in [0.29, 0.717) is 17.9 Å². The minimum atomic E-state index is -0.273. The van der Waals surface area contributed by atoms with Crippen molar-refractivity contribution in [2.45, 2.75) is 26.7 Å². The zero-order valence-electron chi connectivity index (χ0n) is 18.2. The summed E-state index contributed by atoms with van der Waals surface area (Å²) in [4.78, 5) is 18.8. The van der Waals surface area contributed by atoms with Crippen molar-refractivity contribution < 1.29 is 9.53 Å². The fraction of sp³-hybridized carbons (Fsp3) is 0.192. The van der Waals surface area contributed by atoms with E-state index in [4.69, 9.17) is 9.72 Å². The lowest BCUT2D eigenvalue weighted by Gasteiger charge is -2.11. The summed E-state index contributed by atoms with van der Waals surface area (Å²) in [6.07, 6.45) is 3.77. The molecule has 0 saturated carbocycles. The van der Waals surface area contributed by atoms with Crippen molar-refractivity contribution in [2.75, 3.05) is 6.61 Å². The second kappa shape index (κ2) is 10.2. The highest BCUT2D eigenvalue weighted by atomic mass is 32.1. The third-order valence-electron chi connectivity index (χ3n) is 5.11. The second-order valence-corrected chi connectivity index (χ2v) is 8.42.